The number of ether oxygens (including phenoxy) is 4. The average molecular weight is 453 g/mol. The summed E-state index contributed by atoms with van der Waals surface area (Å²) in [6, 6.07) is 11.5. The second-order valence-corrected chi connectivity index (χ2v) is 8.08. The highest BCUT2D eigenvalue weighted by Gasteiger charge is 2.21. The Morgan fingerprint density at radius 1 is 1.12 bits per heavy atom. The molecule has 3 heterocycles. The number of amides is 1. The fourth-order valence-corrected chi connectivity index (χ4v) is 4.26. The third-order valence-corrected chi connectivity index (χ3v) is 6.04. The van der Waals surface area contributed by atoms with Crippen molar-refractivity contribution < 1.29 is 23.7 Å². The number of fused-ring (bicyclic) bond motifs is 2. The van der Waals surface area contributed by atoms with E-state index in [9.17, 15) is 4.79 Å². The molecule has 1 N–H and O–H groups in total. The van der Waals surface area contributed by atoms with E-state index in [1.54, 1.807) is 7.11 Å². The number of nitrogens with one attached hydrogen (secondary N) is 1. The molecule has 0 unspecified atom stereocenters. The van der Waals surface area contributed by atoms with Crippen molar-refractivity contribution >= 4 is 16.8 Å². The van der Waals surface area contributed by atoms with E-state index < -0.39 is 0 Å². The Morgan fingerprint density at radius 3 is 2.82 bits per heavy atom. The Kier molecular flexibility index (Phi) is 6.32. The summed E-state index contributed by atoms with van der Waals surface area (Å²) in [6.45, 7) is 5.56. The van der Waals surface area contributed by atoms with Crippen molar-refractivity contribution in [2.24, 2.45) is 0 Å². The highest BCUT2D eigenvalue weighted by molar-refractivity contribution is 6.06. The van der Waals surface area contributed by atoms with E-state index in [0.29, 0.717) is 31.0 Å². The van der Waals surface area contributed by atoms with Crippen LogP contribution in [0.3, 0.4) is 0 Å². The molecule has 1 aromatic heterocycles. The van der Waals surface area contributed by atoms with Crippen LogP contribution >= 0.6 is 0 Å². The van der Waals surface area contributed by atoms with Crippen LogP contribution in [0.15, 0.2) is 36.4 Å². The number of carbonyl (C=O) groups is 1. The molecule has 1 fully saturated rings. The number of rotatable bonds is 8. The maximum Gasteiger partial charge on any atom is 0.272 e. The first-order valence-corrected chi connectivity index (χ1v) is 11.2. The summed E-state index contributed by atoms with van der Waals surface area (Å²) >= 11 is 0. The Bertz CT molecular complexity index is 1140. The second kappa shape index (κ2) is 9.68. The standard InChI is InChI=1S/C24H28N4O5/c1-30-20-4-2-3-18-22(26-28(23(18)20)10-9-27-11-13-31-14-12-27)24(29)25-8-7-17-5-6-19-21(15-17)33-16-32-19/h2-6,15H,7-14,16H2,1H3,(H,25,29). The molecule has 0 saturated carbocycles. The Labute approximate surface area is 192 Å². The van der Waals surface area contributed by atoms with Gasteiger partial charge in [-0.15, -0.1) is 0 Å². The van der Waals surface area contributed by atoms with E-state index in [0.717, 1.165) is 60.8 Å². The van der Waals surface area contributed by atoms with Gasteiger partial charge in [-0.25, -0.2) is 0 Å². The summed E-state index contributed by atoms with van der Waals surface area (Å²) in [5.41, 5.74) is 2.33. The first-order chi connectivity index (χ1) is 16.2. The lowest BCUT2D eigenvalue weighted by Gasteiger charge is -2.26. The van der Waals surface area contributed by atoms with Gasteiger partial charge in [0.15, 0.2) is 17.2 Å². The van der Waals surface area contributed by atoms with Crippen molar-refractivity contribution in [3.05, 3.63) is 47.7 Å². The quantitative estimate of drug-likeness (QED) is 0.560. The minimum absolute atomic E-state index is 0.195. The van der Waals surface area contributed by atoms with Crippen LogP contribution in [0.25, 0.3) is 10.9 Å². The number of morpholine rings is 1. The van der Waals surface area contributed by atoms with Crippen LogP contribution in [-0.2, 0) is 17.7 Å². The number of nitrogens with zero attached hydrogens (tertiary/aromatic N) is 3. The van der Waals surface area contributed by atoms with Gasteiger partial charge in [0.05, 0.1) is 26.9 Å². The summed E-state index contributed by atoms with van der Waals surface area (Å²) in [6.07, 6.45) is 0.682. The maximum atomic E-state index is 13.1. The second-order valence-electron chi connectivity index (χ2n) is 8.08. The molecule has 9 nitrogen and oxygen atoms in total. The van der Waals surface area contributed by atoms with Gasteiger partial charge in [-0.1, -0.05) is 18.2 Å². The zero-order valence-corrected chi connectivity index (χ0v) is 18.7. The first kappa shape index (κ1) is 21.5. The Hall–Kier alpha value is -3.30. The third kappa shape index (κ3) is 4.60. The van der Waals surface area contributed by atoms with E-state index in [1.165, 1.54) is 0 Å². The fraction of sp³-hybridized carbons (Fsp3) is 0.417. The Morgan fingerprint density at radius 2 is 1.97 bits per heavy atom. The number of hydrogen-bond acceptors (Lipinski definition) is 7. The van der Waals surface area contributed by atoms with Crippen LogP contribution < -0.4 is 19.5 Å². The lowest BCUT2D eigenvalue weighted by molar-refractivity contribution is 0.0361. The van der Waals surface area contributed by atoms with Gasteiger partial charge < -0.3 is 24.3 Å². The molecule has 2 aromatic carbocycles. The summed E-state index contributed by atoms with van der Waals surface area (Å²) < 4.78 is 23.7. The highest BCUT2D eigenvalue weighted by atomic mass is 16.7. The van der Waals surface area contributed by atoms with Crippen LogP contribution in [0, 0.1) is 0 Å². The lowest BCUT2D eigenvalue weighted by Crippen LogP contribution is -2.38. The zero-order chi connectivity index (χ0) is 22.6. The fourth-order valence-electron chi connectivity index (χ4n) is 4.26. The van der Waals surface area contributed by atoms with Gasteiger partial charge in [-0.2, -0.15) is 5.10 Å². The van der Waals surface area contributed by atoms with Gasteiger partial charge >= 0.3 is 0 Å². The molecule has 174 valence electrons. The molecule has 0 atom stereocenters. The molecule has 2 aliphatic rings. The minimum atomic E-state index is -0.195. The molecule has 3 aromatic rings. The van der Waals surface area contributed by atoms with Gasteiger partial charge in [0.1, 0.15) is 11.3 Å². The molecule has 33 heavy (non-hydrogen) atoms. The first-order valence-electron chi connectivity index (χ1n) is 11.2. The van der Waals surface area contributed by atoms with Crippen LogP contribution in [0.4, 0.5) is 0 Å². The number of para-hydroxylation sites is 1. The molecule has 0 aliphatic carbocycles. The third-order valence-electron chi connectivity index (χ3n) is 6.04. The molecule has 2 aliphatic heterocycles. The Balaban J connectivity index is 1.29. The van der Waals surface area contributed by atoms with Crippen molar-refractivity contribution in [1.82, 2.24) is 20.0 Å². The summed E-state index contributed by atoms with van der Waals surface area (Å²) in [4.78, 5) is 15.4. The van der Waals surface area contributed by atoms with Crippen molar-refractivity contribution in [2.75, 3.05) is 53.3 Å². The van der Waals surface area contributed by atoms with Crippen LogP contribution in [-0.4, -0.2) is 73.9 Å². The number of benzene rings is 2. The predicted molar refractivity (Wildman–Crippen MR) is 122 cm³/mol. The monoisotopic (exact) mass is 452 g/mol. The normalized spacial score (nSPS) is 15.7. The largest absolute Gasteiger partial charge is 0.494 e. The summed E-state index contributed by atoms with van der Waals surface area (Å²) in [5, 5.41) is 8.48. The van der Waals surface area contributed by atoms with Crippen LogP contribution in [0.2, 0.25) is 0 Å². The van der Waals surface area contributed by atoms with Crippen molar-refractivity contribution in [3.63, 3.8) is 0 Å². The molecule has 0 spiro atoms. The number of methoxy groups -OCH3 is 1. The van der Waals surface area contributed by atoms with E-state index in [2.05, 4.69) is 15.3 Å². The van der Waals surface area contributed by atoms with E-state index in [-0.39, 0.29) is 12.7 Å². The average Bonchev–Trinajstić information content (AvgIpc) is 3.47. The molecule has 0 bridgehead atoms. The van der Waals surface area contributed by atoms with Gasteiger partial charge in [0.2, 0.25) is 6.79 Å². The highest BCUT2D eigenvalue weighted by Crippen LogP contribution is 2.32. The maximum absolute atomic E-state index is 13.1. The minimum Gasteiger partial charge on any atom is -0.494 e. The molecule has 1 amide bonds. The number of hydrogen-bond donors (Lipinski definition) is 1. The van der Waals surface area contributed by atoms with Gasteiger partial charge in [0, 0.05) is 31.6 Å². The molecule has 1 saturated heterocycles. The lowest BCUT2D eigenvalue weighted by atomic mass is 10.1. The smallest absolute Gasteiger partial charge is 0.272 e. The molecular weight excluding hydrogens is 424 g/mol. The summed E-state index contributed by atoms with van der Waals surface area (Å²) in [5.74, 6) is 2.02. The van der Waals surface area contributed by atoms with Gasteiger partial charge in [-0.05, 0) is 30.2 Å². The van der Waals surface area contributed by atoms with Crippen molar-refractivity contribution in [2.45, 2.75) is 13.0 Å². The SMILES string of the molecule is COc1cccc2c(C(=O)NCCc3ccc4c(c3)OCO4)nn(CCN3CCOCC3)c12. The van der Waals surface area contributed by atoms with E-state index in [1.807, 2.05) is 41.1 Å². The number of carbonyl (C=O) groups excluding carboxylic acids is 1. The van der Waals surface area contributed by atoms with E-state index >= 15 is 0 Å². The number of aromatic nitrogens is 2. The van der Waals surface area contributed by atoms with E-state index in [4.69, 9.17) is 18.9 Å². The summed E-state index contributed by atoms with van der Waals surface area (Å²) in [7, 11) is 1.64. The van der Waals surface area contributed by atoms with Crippen LogP contribution in [0.1, 0.15) is 16.1 Å². The molecule has 9 heteroatoms. The molecule has 5 rings (SSSR count). The molecule has 0 radical (unpaired) electrons. The van der Waals surface area contributed by atoms with Crippen molar-refractivity contribution in [1.29, 1.82) is 0 Å². The predicted octanol–water partition coefficient (Wildman–Crippen LogP) is 2.08. The van der Waals surface area contributed by atoms with Crippen LogP contribution in [0.5, 0.6) is 17.2 Å². The molecular formula is C24H28N4O5. The van der Waals surface area contributed by atoms with Gasteiger partial charge in [-0.3, -0.25) is 14.4 Å². The topological polar surface area (TPSA) is 87.1 Å². The zero-order valence-electron chi connectivity index (χ0n) is 18.7. The van der Waals surface area contributed by atoms with Crippen molar-refractivity contribution in [3.8, 4) is 17.2 Å². The van der Waals surface area contributed by atoms with Gasteiger partial charge in [0.25, 0.3) is 5.91 Å².